The van der Waals surface area contributed by atoms with Crippen LogP contribution in [0.4, 0.5) is 11.4 Å². The first-order valence-corrected chi connectivity index (χ1v) is 9.41. The first-order chi connectivity index (χ1) is 13.2. The lowest BCUT2D eigenvalue weighted by Gasteiger charge is -2.36. The van der Waals surface area contributed by atoms with Crippen molar-refractivity contribution in [3.8, 4) is 11.5 Å². The Bertz CT molecular complexity index is 816. The maximum atomic E-state index is 12.3. The van der Waals surface area contributed by atoms with Crippen LogP contribution in [0.2, 0.25) is 0 Å². The van der Waals surface area contributed by atoms with Crippen molar-refractivity contribution in [1.82, 2.24) is 4.90 Å². The highest BCUT2D eigenvalue weighted by molar-refractivity contribution is 5.91. The van der Waals surface area contributed by atoms with Crippen molar-refractivity contribution >= 4 is 17.3 Å². The number of carbonyl (C=O) groups is 1. The molecule has 0 aromatic heterocycles. The maximum Gasteiger partial charge on any atom is 0.231 e. The number of amides is 1. The quantitative estimate of drug-likeness (QED) is 0.881. The van der Waals surface area contributed by atoms with Gasteiger partial charge in [0.25, 0.3) is 0 Å². The Labute approximate surface area is 159 Å². The predicted molar refractivity (Wildman–Crippen MR) is 106 cm³/mol. The normalized spacial score (nSPS) is 16.4. The van der Waals surface area contributed by atoms with E-state index in [1.165, 1.54) is 11.3 Å². The van der Waals surface area contributed by atoms with Crippen LogP contribution in [0.1, 0.15) is 12.0 Å². The number of piperazine rings is 1. The Kier molecular flexibility index (Phi) is 5.16. The number of ether oxygens (including phenoxy) is 2. The van der Waals surface area contributed by atoms with Crippen molar-refractivity contribution in [3.05, 3.63) is 48.0 Å². The lowest BCUT2D eigenvalue weighted by atomic mass is 10.2. The summed E-state index contributed by atoms with van der Waals surface area (Å²) in [5.41, 5.74) is 3.32. The number of nitrogens with one attached hydrogen (secondary N) is 1. The van der Waals surface area contributed by atoms with E-state index < -0.39 is 0 Å². The molecule has 0 atom stereocenters. The zero-order chi connectivity index (χ0) is 18.6. The monoisotopic (exact) mass is 367 g/mol. The standard InChI is InChI=1S/C21H25N3O3/c1-16-3-2-4-18(13-16)24-11-9-23(10-12-24)8-7-21(25)22-17-5-6-19-20(14-17)27-15-26-19/h2-6,13-14H,7-12,15H2,1H3,(H,22,25). The zero-order valence-corrected chi connectivity index (χ0v) is 15.6. The second-order valence-corrected chi connectivity index (χ2v) is 7.03. The summed E-state index contributed by atoms with van der Waals surface area (Å²) < 4.78 is 10.6. The minimum Gasteiger partial charge on any atom is -0.454 e. The Balaban J connectivity index is 1.22. The molecule has 1 amide bonds. The molecule has 1 saturated heterocycles. The zero-order valence-electron chi connectivity index (χ0n) is 15.6. The number of benzene rings is 2. The highest BCUT2D eigenvalue weighted by Gasteiger charge is 2.18. The number of anilines is 2. The number of hydrogen-bond donors (Lipinski definition) is 1. The summed E-state index contributed by atoms with van der Waals surface area (Å²) in [7, 11) is 0. The van der Waals surface area contributed by atoms with Crippen LogP contribution in [0, 0.1) is 6.92 Å². The second kappa shape index (κ2) is 7.88. The number of carbonyl (C=O) groups excluding carboxylic acids is 1. The Morgan fingerprint density at radius 1 is 1.04 bits per heavy atom. The van der Waals surface area contributed by atoms with E-state index in [0.717, 1.165) is 44.2 Å². The highest BCUT2D eigenvalue weighted by Crippen LogP contribution is 2.34. The van der Waals surface area contributed by atoms with Gasteiger partial charge in [-0.25, -0.2) is 0 Å². The van der Waals surface area contributed by atoms with Gasteiger partial charge in [0.05, 0.1) is 0 Å². The van der Waals surface area contributed by atoms with Gasteiger partial charge in [-0.3, -0.25) is 9.69 Å². The molecule has 0 unspecified atom stereocenters. The first kappa shape index (κ1) is 17.7. The number of hydrogen-bond acceptors (Lipinski definition) is 5. The highest BCUT2D eigenvalue weighted by atomic mass is 16.7. The molecule has 4 rings (SSSR count). The van der Waals surface area contributed by atoms with E-state index in [1.807, 2.05) is 12.1 Å². The van der Waals surface area contributed by atoms with Crippen LogP contribution in [-0.2, 0) is 4.79 Å². The van der Waals surface area contributed by atoms with Crippen LogP contribution >= 0.6 is 0 Å². The molecule has 27 heavy (non-hydrogen) atoms. The van der Waals surface area contributed by atoms with Crippen molar-refractivity contribution in [2.24, 2.45) is 0 Å². The maximum absolute atomic E-state index is 12.3. The summed E-state index contributed by atoms with van der Waals surface area (Å²) in [6.45, 7) is 7.08. The van der Waals surface area contributed by atoms with Crippen LogP contribution in [0.15, 0.2) is 42.5 Å². The van der Waals surface area contributed by atoms with E-state index in [4.69, 9.17) is 9.47 Å². The topological polar surface area (TPSA) is 54.0 Å². The molecule has 6 heteroatoms. The molecule has 1 N–H and O–H groups in total. The lowest BCUT2D eigenvalue weighted by molar-refractivity contribution is -0.116. The Hall–Kier alpha value is -2.73. The van der Waals surface area contributed by atoms with Crippen LogP contribution in [0.3, 0.4) is 0 Å². The van der Waals surface area contributed by atoms with Gasteiger partial charge in [0.15, 0.2) is 11.5 Å². The van der Waals surface area contributed by atoms with Gasteiger partial charge in [0.1, 0.15) is 0 Å². The summed E-state index contributed by atoms with van der Waals surface area (Å²) in [5, 5.41) is 2.94. The molecule has 142 valence electrons. The second-order valence-electron chi connectivity index (χ2n) is 7.03. The SMILES string of the molecule is Cc1cccc(N2CCN(CCC(=O)Nc3ccc4c(c3)OCO4)CC2)c1. The van der Waals surface area contributed by atoms with Crippen molar-refractivity contribution in [2.45, 2.75) is 13.3 Å². The third-order valence-corrected chi connectivity index (χ3v) is 5.05. The van der Waals surface area contributed by atoms with Gasteiger partial charge in [-0.15, -0.1) is 0 Å². The third-order valence-electron chi connectivity index (χ3n) is 5.05. The predicted octanol–water partition coefficient (Wildman–Crippen LogP) is 2.87. The van der Waals surface area contributed by atoms with Gasteiger partial charge in [0, 0.05) is 56.6 Å². The third kappa shape index (κ3) is 4.34. The summed E-state index contributed by atoms with van der Waals surface area (Å²) in [6, 6.07) is 14.1. The molecule has 0 bridgehead atoms. The largest absolute Gasteiger partial charge is 0.454 e. The molecule has 2 heterocycles. The van der Waals surface area contributed by atoms with E-state index in [9.17, 15) is 4.79 Å². The van der Waals surface area contributed by atoms with Crippen molar-refractivity contribution in [3.63, 3.8) is 0 Å². The van der Waals surface area contributed by atoms with E-state index in [2.05, 4.69) is 46.3 Å². The fourth-order valence-corrected chi connectivity index (χ4v) is 3.51. The van der Waals surface area contributed by atoms with E-state index >= 15 is 0 Å². The molecular weight excluding hydrogens is 342 g/mol. The van der Waals surface area contributed by atoms with Crippen LogP contribution in [-0.4, -0.2) is 50.3 Å². The molecule has 0 radical (unpaired) electrons. The van der Waals surface area contributed by atoms with Crippen molar-refractivity contribution in [2.75, 3.05) is 49.7 Å². The van der Waals surface area contributed by atoms with Crippen molar-refractivity contribution < 1.29 is 14.3 Å². The molecule has 2 aromatic rings. The number of aryl methyl sites for hydroxylation is 1. The Morgan fingerprint density at radius 3 is 2.67 bits per heavy atom. The van der Waals surface area contributed by atoms with Gasteiger partial charge in [-0.1, -0.05) is 12.1 Å². The van der Waals surface area contributed by atoms with Gasteiger partial charge in [-0.05, 0) is 36.8 Å². The molecule has 6 nitrogen and oxygen atoms in total. The first-order valence-electron chi connectivity index (χ1n) is 9.41. The molecule has 1 fully saturated rings. The molecule has 0 saturated carbocycles. The Morgan fingerprint density at radius 2 is 1.85 bits per heavy atom. The molecule has 2 aliphatic heterocycles. The number of fused-ring (bicyclic) bond motifs is 1. The fraction of sp³-hybridized carbons (Fsp3) is 0.381. The summed E-state index contributed by atoms with van der Waals surface area (Å²) in [4.78, 5) is 17.0. The number of rotatable bonds is 5. The van der Waals surface area contributed by atoms with E-state index in [0.29, 0.717) is 12.2 Å². The minimum atomic E-state index is 0.0231. The lowest BCUT2D eigenvalue weighted by Crippen LogP contribution is -2.47. The molecule has 2 aromatic carbocycles. The average molecular weight is 367 g/mol. The molecule has 0 spiro atoms. The summed E-state index contributed by atoms with van der Waals surface area (Å²) in [6.07, 6.45) is 0.485. The van der Waals surface area contributed by atoms with Crippen LogP contribution in [0.5, 0.6) is 11.5 Å². The van der Waals surface area contributed by atoms with Gasteiger partial charge < -0.3 is 19.7 Å². The van der Waals surface area contributed by atoms with Gasteiger partial charge in [-0.2, -0.15) is 0 Å². The molecule has 2 aliphatic rings. The fourth-order valence-electron chi connectivity index (χ4n) is 3.51. The van der Waals surface area contributed by atoms with E-state index in [-0.39, 0.29) is 12.7 Å². The average Bonchev–Trinajstić information content (AvgIpc) is 3.15. The van der Waals surface area contributed by atoms with Crippen molar-refractivity contribution in [1.29, 1.82) is 0 Å². The minimum absolute atomic E-state index is 0.0231. The molecule has 0 aliphatic carbocycles. The number of nitrogens with zero attached hydrogens (tertiary/aromatic N) is 2. The smallest absolute Gasteiger partial charge is 0.231 e. The van der Waals surface area contributed by atoms with Gasteiger partial charge >= 0.3 is 0 Å². The van der Waals surface area contributed by atoms with Crippen LogP contribution in [0.25, 0.3) is 0 Å². The van der Waals surface area contributed by atoms with Crippen LogP contribution < -0.4 is 19.7 Å². The summed E-state index contributed by atoms with van der Waals surface area (Å²) in [5.74, 6) is 1.43. The molecular formula is C21H25N3O3. The van der Waals surface area contributed by atoms with E-state index in [1.54, 1.807) is 6.07 Å². The summed E-state index contributed by atoms with van der Waals surface area (Å²) >= 11 is 0. The van der Waals surface area contributed by atoms with Gasteiger partial charge in [0.2, 0.25) is 12.7 Å².